The summed E-state index contributed by atoms with van der Waals surface area (Å²) in [6.07, 6.45) is 2.33. The number of amides is 2. The van der Waals surface area contributed by atoms with Gasteiger partial charge in [0, 0.05) is 23.1 Å². The minimum Gasteiger partial charge on any atom is -0.484 e. The second-order valence-electron chi connectivity index (χ2n) is 8.34. The highest BCUT2D eigenvalue weighted by molar-refractivity contribution is 6.35. The van der Waals surface area contributed by atoms with Crippen molar-refractivity contribution in [1.29, 1.82) is 0 Å². The predicted molar refractivity (Wildman–Crippen MR) is 135 cm³/mol. The fourth-order valence-electron chi connectivity index (χ4n) is 3.44. The molecule has 7 heteroatoms. The molecule has 0 fully saturated rings. The van der Waals surface area contributed by atoms with Gasteiger partial charge < -0.3 is 15.0 Å². The van der Waals surface area contributed by atoms with Gasteiger partial charge in [0.2, 0.25) is 5.91 Å². The summed E-state index contributed by atoms with van der Waals surface area (Å²) in [7, 11) is 0. The molecule has 2 rings (SSSR count). The number of nitrogens with zero attached hydrogens (tertiary/aromatic N) is 1. The third-order valence-corrected chi connectivity index (χ3v) is 6.07. The summed E-state index contributed by atoms with van der Waals surface area (Å²) in [6.45, 7) is 8.78. The Labute approximate surface area is 207 Å². The monoisotopic (exact) mass is 492 g/mol. The van der Waals surface area contributed by atoms with Crippen LogP contribution in [-0.2, 0) is 16.1 Å². The number of benzene rings is 2. The number of hydrogen-bond acceptors (Lipinski definition) is 3. The molecule has 1 atom stereocenters. The molecular weight excluding hydrogens is 459 g/mol. The highest BCUT2D eigenvalue weighted by Crippen LogP contribution is 2.24. The van der Waals surface area contributed by atoms with Crippen molar-refractivity contribution >= 4 is 35.0 Å². The van der Waals surface area contributed by atoms with Gasteiger partial charge in [-0.1, -0.05) is 75.5 Å². The molecule has 0 saturated carbocycles. The van der Waals surface area contributed by atoms with Gasteiger partial charge in [0.25, 0.3) is 5.91 Å². The molecule has 33 heavy (non-hydrogen) atoms. The first kappa shape index (κ1) is 27.0. The molecule has 2 amide bonds. The molecule has 0 saturated heterocycles. The maximum atomic E-state index is 13.3. The average molecular weight is 493 g/mol. The fourth-order valence-corrected chi connectivity index (χ4v) is 3.90. The van der Waals surface area contributed by atoms with Crippen LogP contribution in [0.25, 0.3) is 0 Å². The molecule has 2 aromatic rings. The first-order valence-corrected chi connectivity index (χ1v) is 12.3. The Bertz CT molecular complexity index is 916. The molecule has 5 nitrogen and oxygen atoms in total. The molecule has 0 aliphatic carbocycles. The van der Waals surface area contributed by atoms with Crippen molar-refractivity contribution in [2.24, 2.45) is 0 Å². The van der Waals surface area contributed by atoms with E-state index in [1.54, 1.807) is 23.1 Å². The SMILES string of the molecule is CCCCNC(=O)[C@H](CC)N(Cc1ccc(Cl)cc1Cl)C(=O)COc1ccc(C(C)C)cc1. The van der Waals surface area contributed by atoms with E-state index in [2.05, 4.69) is 26.1 Å². The summed E-state index contributed by atoms with van der Waals surface area (Å²) in [5, 5.41) is 3.91. The number of carbonyl (C=O) groups excluding carboxylic acids is 2. The van der Waals surface area contributed by atoms with Gasteiger partial charge in [-0.2, -0.15) is 0 Å². The average Bonchev–Trinajstić information content (AvgIpc) is 2.79. The van der Waals surface area contributed by atoms with Crippen LogP contribution in [0.3, 0.4) is 0 Å². The summed E-state index contributed by atoms with van der Waals surface area (Å²) in [5.74, 6) is 0.562. The molecule has 1 N–H and O–H groups in total. The van der Waals surface area contributed by atoms with E-state index < -0.39 is 6.04 Å². The molecule has 0 bridgehead atoms. The lowest BCUT2D eigenvalue weighted by atomic mass is 10.0. The second-order valence-corrected chi connectivity index (χ2v) is 9.18. The number of rotatable bonds is 12. The van der Waals surface area contributed by atoms with Crippen molar-refractivity contribution in [1.82, 2.24) is 10.2 Å². The van der Waals surface area contributed by atoms with Crippen LogP contribution in [0.4, 0.5) is 0 Å². The van der Waals surface area contributed by atoms with Gasteiger partial charge in [-0.15, -0.1) is 0 Å². The van der Waals surface area contributed by atoms with E-state index in [9.17, 15) is 9.59 Å². The highest BCUT2D eigenvalue weighted by atomic mass is 35.5. The van der Waals surface area contributed by atoms with Gasteiger partial charge in [0.05, 0.1) is 0 Å². The van der Waals surface area contributed by atoms with Crippen LogP contribution in [-0.4, -0.2) is 35.9 Å². The summed E-state index contributed by atoms with van der Waals surface area (Å²) in [5.41, 5.74) is 1.91. The number of nitrogens with one attached hydrogen (secondary N) is 1. The van der Waals surface area contributed by atoms with Crippen molar-refractivity contribution in [2.45, 2.75) is 65.5 Å². The molecule has 2 aromatic carbocycles. The van der Waals surface area contributed by atoms with Crippen LogP contribution in [0.2, 0.25) is 10.0 Å². The first-order chi connectivity index (χ1) is 15.8. The molecule has 180 valence electrons. The Morgan fingerprint density at radius 3 is 2.33 bits per heavy atom. The van der Waals surface area contributed by atoms with E-state index in [1.807, 2.05) is 31.2 Å². The Morgan fingerprint density at radius 1 is 1.06 bits per heavy atom. The van der Waals surface area contributed by atoms with Crippen LogP contribution < -0.4 is 10.1 Å². The highest BCUT2D eigenvalue weighted by Gasteiger charge is 2.29. The first-order valence-electron chi connectivity index (χ1n) is 11.5. The Morgan fingerprint density at radius 2 is 1.76 bits per heavy atom. The number of halogens is 2. The lowest BCUT2D eigenvalue weighted by molar-refractivity contribution is -0.143. The number of unbranched alkanes of at least 4 members (excludes halogenated alkanes) is 1. The Hall–Kier alpha value is -2.24. The maximum Gasteiger partial charge on any atom is 0.261 e. The van der Waals surface area contributed by atoms with Gasteiger partial charge in [0.15, 0.2) is 6.61 Å². The summed E-state index contributed by atoms with van der Waals surface area (Å²) in [6, 6.07) is 12.2. The molecule has 0 radical (unpaired) electrons. The van der Waals surface area contributed by atoms with E-state index in [4.69, 9.17) is 27.9 Å². The quantitative estimate of drug-likeness (QED) is 0.357. The third kappa shape index (κ3) is 8.24. The van der Waals surface area contributed by atoms with Gasteiger partial charge in [-0.25, -0.2) is 0 Å². The van der Waals surface area contributed by atoms with Crippen LogP contribution in [0.15, 0.2) is 42.5 Å². The number of carbonyl (C=O) groups is 2. The van der Waals surface area contributed by atoms with Gasteiger partial charge in [-0.3, -0.25) is 9.59 Å². The van der Waals surface area contributed by atoms with E-state index >= 15 is 0 Å². The van der Waals surface area contributed by atoms with Crippen LogP contribution in [0.1, 0.15) is 64.0 Å². The maximum absolute atomic E-state index is 13.3. The predicted octanol–water partition coefficient (Wildman–Crippen LogP) is 6.22. The standard InChI is InChI=1S/C26H34Cl2N2O3/c1-5-7-14-29-26(32)24(6-2)30(16-20-8-11-21(27)15-23(20)28)25(31)17-33-22-12-9-19(10-13-22)18(3)4/h8-13,15,18,24H,5-7,14,16-17H2,1-4H3,(H,29,32)/t24-/m0/s1. The van der Waals surface area contributed by atoms with E-state index in [0.29, 0.717) is 34.7 Å². The van der Waals surface area contributed by atoms with Gasteiger partial charge >= 0.3 is 0 Å². The van der Waals surface area contributed by atoms with Gasteiger partial charge in [0.1, 0.15) is 11.8 Å². The molecule has 0 heterocycles. The number of hydrogen-bond donors (Lipinski definition) is 1. The van der Waals surface area contributed by atoms with Crippen LogP contribution in [0, 0.1) is 0 Å². The van der Waals surface area contributed by atoms with Gasteiger partial charge in [-0.05, 0) is 54.2 Å². The minimum atomic E-state index is -0.631. The zero-order valence-corrected chi connectivity index (χ0v) is 21.4. The molecule has 0 aromatic heterocycles. The lowest BCUT2D eigenvalue weighted by Gasteiger charge is -2.31. The lowest BCUT2D eigenvalue weighted by Crippen LogP contribution is -2.50. The molecule has 0 aliphatic heterocycles. The second kappa shape index (κ2) is 13.5. The summed E-state index contributed by atoms with van der Waals surface area (Å²) >= 11 is 12.4. The molecule has 0 unspecified atom stereocenters. The zero-order chi connectivity index (χ0) is 24.4. The zero-order valence-electron chi connectivity index (χ0n) is 19.9. The van der Waals surface area contributed by atoms with Crippen LogP contribution in [0.5, 0.6) is 5.75 Å². The van der Waals surface area contributed by atoms with E-state index in [0.717, 1.165) is 18.4 Å². The smallest absolute Gasteiger partial charge is 0.261 e. The van der Waals surface area contributed by atoms with Crippen molar-refractivity contribution in [3.63, 3.8) is 0 Å². The topological polar surface area (TPSA) is 58.6 Å². The molecule has 0 spiro atoms. The van der Waals surface area contributed by atoms with Crippen LogP contribution >= 0.6 is 23.2 Å². The Balaban J connectivity index is 2.20. The molecular formula is C26H34Cl2N2O3. The Kier molecular flexibility index (Phi) is 11.0. The van der Waals surface area contributed by atoms with Crippen molar-refractivity contribution in [3.8, 4) is 5.75 Å². The van der Waals surface area contributed by atoms with E-state index in [-0.39, 0.29) is 25.0 Å². The fraction of sp³-hybridized carbons (Fsp3) is 0.462. The third-order valence-electron chi connectivity index (χ3n) is 5.48. The van der Waals surface area contributed by atoms with Crippen molar-refractivity contribution in [3.05, 3.63) is 63.6 Å². The summed E-state index contributed by atoms with van der Waals surface area (Å²) in [4.78, 5) is 27.7. The minimum absolute atomic E-state index is 0.175. The molecule has 0 aliphatic rings. The largest absolute Gasteiger partial charge is 0.484 e. The number of ether oxygens (including phenoxy) is 1. The normalized spacial score (nSPS) is 11.8. The van der Waals surface area contributed by atoms with Crippen molar-refractivity contribution in [2.75, 3.05) is 13.2 Å². The van der Waals surface area contributed by atoms with Crippen molar-refractivity contribution < 1.29 is 14.3 Å². The summed E-state index contributed by atoms with van der Waals surface area (Å²) < 4.78 is 5.77. The van der Waals surface area contributed by atoms with E-state index in [1.165, 1.54) is 5.56 Å².